The van der Waals surface area contributed by atoms with E-state index >= 15 is 0 Å². The van der Waals surface area contributed by atoms with Gasteiger partial charge in [0.05, 0.1) is 37.7 Å². The standard InChI is InChI=1S/C59H103N13O18/c1-6-8-10-12-13-15-20-24-38(76)26-27-40-53(84)64-33-48(81)63-29-28-47(80)66-39(25-21-17-14-16-19-23-37(75)22-18-11-9-7-2)54(85)69-43(32-46(61)79)56(87)70-42(31-45(60)78)55(86)65-34(3)52(83)68-41(30-44(77)51(62)82)57(88)71-50(36(5)74)59(90)72-49(35(4)73)58(89)67-40/h34-36,38-44,49-50,73-74,76-77H,6-33H2,1-5H3,(H2,60,78)(H2,61,79)(H2,62,82)(H,63,81)(H,64,84)(H,65,86)(H,66,80)(H,67,89)(H,68,83)(H,69,85)(H,70,87)(H,71,88)(H,72,90)/t34-,35+,36+,38-,39-,40-,41-,42-,43+,44-,49-,50-/m1/s1. The van der Waals surface area contributed by atoms with Crippen LogP contribution in [0.15, 0.2) is 0 Å². The summed E-state index contributed by atoms with van der Waals surface area (Å²) in [4.78, 5) is 187. The molecule has 0 spiro atoms. The second-order valence-corrected chi connectivity index (χ2v) is 23.2. The first kappa shape index (κ1) is 80.6. The number of rotatable bonds is 33. The van der Waals surface area contributed by atoms with E-state index in [9.17, 15) is 87.5 Å². The normalized spacial score (nSPS) is 23.4. The van der Waals surface area contributed by atoms with Gasteiger partial charge in [-0.15, -0.1) is 0 Å². The van der Waals surface area contributed by atoms with Crippen LogP contribution in [0.5, 0.6) is 0 Å². The first-order valence-corrected chi connectivity index (χ1v) is 31.6. The Bertz CT molecular complexity index is 2360. The number of nitrogens with one attached hydrogen (secondary N) is 10. The van der Waals surface area contributed by atoms with Gasteiger partial charge in [0.25, 0.3) is 0 Å². The number of aliphatic hydroxyl groups is 4. The summed E-state index contributed by atoms with van der Waals surface area (Å²) in [6.07, 6.45) is 4.56. The molecule has 1 aliphatic rings. The molecule has 31 nitrogen and oxygen atoms in total. The predicted octanol–water partition coefficient (Wildman–Crippen LogP) is -3.18. The van der Waals surface area contributed by atoms with Crippen LogP contribution in [-0.4, -0.2) is 189 Å². The molecule has 0 bridgehead atoms. The zero-order chi connectivity index (χ0) is 67.9. The Kier molecular flexibility index (Phi) is 40.3. The molecule has 0 aromatic heterocycles. The molecule has 512 valence electrons. The Hall–Kier alpha value is -7.38. The average molecular weight is 1280 g/mol. The van der Waals surface area contributed by atoms with E-state index < -0.39 is 182 Å². The van der Waals surface area contributed by atoms with Crippen LogP contribution >= 0.6 is 0 Å². The molecule has 0 unspecified atom stereocenters. The van der Waals surface area contributed by atoms with Crippen LogP contribution in [0, 0.1) is 0 Å². The van der Waals surface area contributed by atoms with Gasteiger partial charge in [0.2, 0.25) is 76.8 Å². The highest BCUT2D eigenvalue weighted by atomic mass is 16.3. The highest BCUT2D eigenvalue weighted by molar-refractivity contribution is 6.00. The monoisotopic (exact) mass is 1280 g/mol. The number of nitrogens with two attached hydrogens (primary N) is 3. The largest absolute Gasteiger partial charge is 0.393 e. The van der Waals surface area contributed by atoms with Gasteiger partial charge in [0.15, 0.2) is 0 Å². The zero-order valence-electron chi connectivity index (χ0n) is 53.0. The summed E-state index contributed by atoms with van der Waals surface area (Å²) >= 11 is 0. The first-order valence-electron chi connectivity index (χ1n) is 31.6. The van der Waals surface area contributed by atoms with Crippen molar-refractivity contribution in [2.45, 2.75) is 274 Å². The van der Waals surface area contributed by atoms with Crippen molar-refractivity contribution in [3.05, 3.63) is 0 Å². The number of Topliss-reactive ketones (excluding diaryl/α,β-unsaturated/α-hetero) is 1. The van der Waals surface area contributed by atoms with Gasteiger partial charge in [-0.2, -0.15) is 0 Å². The maximum absolute atomic E-state index is 14.1. The summed E-state index contributed by atoms with van der Waals surface area (Å²) in [6, 6.07) is -14.4. The third kappa shape index (κ3) is 34.6. The van der Waals surface area contributed by atoms with E-state index in [0.29, 0.717) is 57.8 Å². The number of amides is 13. The topological polar surface area (TPSA) is 518 Å². The Labute approximate surface area is 526 Å². The van der Waals surface area contributed by atoms with Crippen molar-refractivity contribution < 1.29 is 87.5 Å². The molecule has 0 aliphatic carbocycles. The van der Waals surface area contributed by atoms with Crippen LogP contribution in [0.25, 0.3) is 0 Å². The highest BCUT2D eigenvalue weighted by Gasteiger charge is 2.38. The van der Waals surface area contributed by atoms with Crippen molar-refractivity contribution >= 4 is 82.6 Å². The number of primary amides is 3. The number of unbranched alkanes of at least 4 members (excludes halogenated alkanes) is 13. The molecule has 1 saturated heterocycles. The average Bonchev–Trinajstić information content (AvgIpc) is 2.80. The van der Waals surface area contributed by atoms with Crippen molar-refractivity contribution in [3.8, 4) is 0 Å². The minimum Gasteiger partial charge on any atom is -0.393 e. The number of carbonyl (C=O) groups is 14. The van der Waals surface area contributed by atoms with Crippen molar-refractivity contribution in [3.63, 3.8) is 0 Å². The van der Waals surface area contributed by atoms with Gasteiger partial charge in [-0.3, -0.25) is 67.1 Å². The number of hydrogen-bond donors (Lipinski definition) is 17. The molecule has 0 aromatic rings. The molecular formula is C59H103N13O18. The van der Waals surface area contributed by atoms with Crippen LogP contribution in [0.2, 0.25) is 0 Å². The third-order valence-electron chi connectivity index (χ3n) is 14.9. The Morgan fingerprint density at radius 1 is 0.456 bits per heavy atom. The molecule has 13 amide bonds. The lowest BCUT2D eigenvalue weighted by Crippen LogP contribution is -2.63. The molecule has 1 rings (SSSR count). The molecule has 12 atom stereocenters. The fourth-order valence-corrected chi connectivity index (χ4v) is 9.57. The number of aliphatic hydroxyl groups excluding tert-OH is 4. The number of carbonyl (C=O) groups excluding carboxylic acids is 14. The molecule has 31 heteroatoms. The summed E-state index contributed by atoms with van der Waals surface area (Å²) in [5.41, 5.74) is 16.1. The van der Waals surface area contributed by atoms with Gasteiger partial charge in [-0.1, -0.05) is 104 Å². The SMILES string of the molecule is CCCCCCCCC[C@@H](O)CC[C@H]1NC(=O)[C@@H]([C@H](C)O)NC(=O)[C@@H]([C@H](C)O)NC(=O)[C@@H](C[C@@H](O)C(N)=O)NC(=O)[C@@H](C)NC(=O)[C@@H](CC(N)=O)NC(=O)[C@H](CC(N)=O)NC(=O)[C@@H](CCCCCCCC(=O)CCCCCC)NC(=O)CCNC(=O)CNC1=O. The Balaban J connectivity index is 3.79. The van der Waals surface area contributed by atoms with Crippen molar-refractivity contribution in [2.24, 2.45) is 17.2 Å². The number of hydrogen-bond acceptors (Lipinski definition) is 18. The van der Waals surface area contributed by atoms with E-state index in [-0.39, 0.29) is 31.6 Å². The smallest absolute Gasteiger partial charge is 0.246 e. The lowest BCUT2D eigenvalue weighted by atomic mass is 10.0. The fourth-order valence-electron chi connectivity index (χ4n) is 9.57. The summed E-state index contributed by atoms with van der Waals surface area (Å²) in [6.45, 7) is 6.27. The van der Waals surface area contributed by atoms with E-state index in [1.807, 2.05) is 0 Å². The highest BCUT2D eigenvalue weighted by Crippen LogP contribution is 2.16. The quantitative estimate of drug-likeness (QED) is 0.0288. The molecule has 1 fully saturated rings. The lowest BCUT2D eigenvalue weighted by molar-refractivity contribution is -0.139. The van der Waals surface area contributed by atoms with Crippen LogP contribution < -0.4 is 70.4 Å². The summed E-state index contributed by atoms with van der Waals surface area (Å²) in [5, 5.41) is 66.0. The second kappa shape index (κ2) is 45.0. The van der Waals surface area contributed by atoms with Crippen LogP contribution in [0.3, 0.4) is 0 Å². The second-order valence-electron chi connectivity index (χ2n) is 23.2. The van der Waals surface area contributed by atoms with Crippen LogP contribution in [0.4, 0.5) is 0 Å². The van der Waals surface area contributed by atoms with E-state index in [1.54, 1.807) is 0 Å². The van der Waals surface area contributed by atoms with E-state index in [1.165, 1.54) is 0 Å². The first-order chi connectivity index (χ1) is 42.5. The van der Waals surface area contributed by atoms with Crippen LogP contribution in [0.1, 0.15) is 202 Å². The molecule has 0 aromatic carbocycles. The number of ketones is 1. The van der Waals surface area contributed by atoms with Gasteiger partial charge >= 0.3 is 0 Å². The predicted molar refractivity (Wildman–Crippen MR) is 326 cm³/mol. The summed E-state index contributed by atoms with van der Waals surface area (Å²) in [5.74, 6) is -14.8. The lowest BCUT2D eigenvalue weighted by Gasteiger charge is -2.29. The summed E-state index contributed by atoms with van der Waals surface area (Å²) in [7, 11) is 0. The third-order valence-corrected chi connectivity index (χ3v) is 14.9. The van der Waals surface area contributed by atoms with Crippen molar-refractivity contribution in [2.75, 3.05) is 13.1 Å². The van der Waals surface area contributed by atoms with Gasteiger partial charge in [0, 0.05) is 32.2 Å². The van der Waals surface area contributed by atoms with Crippen LogP contribution in [-0.2, 0) is 67.1 Å². The maximum Gasteiger partial charge on any atom is 0.246 e. The molecule has 0 saturated carbocycles. The molecule has 0 radical (unpaired) electrons. The van der Waals surface area contributed by atoms with Gasteiger partial charge in [0.1, 0.15) is 60.2 Å². The minimum atomic E-state index is -2.15. The van der Waals surface area contributed by atoms with Crippen molar-refractivity contribution in [1.29, 1.82) is 0 Å². The maximum atomic E-state index is 14.1. The van der Waals surface area contributed by atoms with Gasteiger partial charge < -0.3 is 90.8 Å². The zero-order valence-corrected chi connectivity index (χ0v) is 53.0. The molecular weight excluding hydrogens is 1180 g/mol. The molecule has 90 heavy (non-hydrogen) atoms. The summed E-state index contributed by atoms with van der Waals surface area (Å²) < 4.78 is 0. The van der Waals surface area contributed by atoms with Crippen molar-refractivity contribution in [1.82, 2.24) is 53.2 Å². The molecule has 1 heterocycles. The van der Waals surface area contributed by atoms with E-state index in [2.05, 4.69) is 67.0 Å². The fraction of sp³-hybridized carbons (Fsp3) is 0.763. The van der Waals surface area contributed by atoms with E-state index in [0.717, 1.165) is 85.0 Å². The van der Waals surface area contributed by atoms with Gasteiger partial charge in [-0.25, -0.2) is 0 Å². The molecule has 20 N–H and O–H groups in total. The Morgan fingerprint density at radius 3 is 1.42 bits per heavy atom. The Morgan fingerprint density at radius 2 is 0.889 bits per heavy atom. The minimum absolute atomic E-state index is 0.0345. The van der Waals surface area contributed by atoms with E-state index in [4.69, 9.17) is 17.2 Å². The van der Waals surface area contributed by atoms with Gasteiger partial charge in [-0.05, 0) is 59.3 Å². The molecule has 1 aliphatic heterocycles.